The molecule has 2 rings (SSSR count). The minimum Gasteiger partial charge on any atom is -0.334 e. The molecule has 0 saturated heterocycles. The van der Waals surface area contributed by atoms with Crippen LogP contribution in [0.3, 0.4) is 0 Å². The molecular weight excluding hydrogens is 270 g/mol. The molecular formula is C15H19N3OS. The molecule has 1 aromatic heterocycles. The minimum absolute atomic E-state index is 0.0369. The fourth-order valence-corrected chi connectivity index (χ4v) is 2.60. The van der Waals surface area contributed by atoms with Crippen LogP contribution in [0.25, 0.3) is 0 Å². The summed E-state index contributed by atoms with van der Waals surface area (Å²) in [6, 6.07) is 10.1. The second kappa shape index (κ2) is 7.14. The molecule has 0 aliphatic rings. The Kier molecular flexibility index (Phi) is 5.24. The zero-order valence-electron chi connectivity index (χ0n) is 11.9. The molecule has 0 saturated carbocycles. The van der Waals surface area contributed by atoms with Crippen LogP contribution in [0, 0.1) is 6.92 Å². The van der Waals surface area contributed by atoms with Gasteiger partial charge in [0.15, 0.2) is 0 Å². The van der Waals surface area contributed by atoms with Crippen LogP contribution in [-0.4, -0.2) is 26.9 Å². The van der Waals surface area contributed by atoms with E-state index in [1.807, 2.05) is 42.2 Å². The second-order valence-electron chi connectivity index (χ2n) is 4.75. The SMILES string of the molecule is CCCCN(Cc1ccccc1)C(=O)c1snnc1C. The highest BCUT2D eigenvalue weighted by Gasteiger charge is 2.20. The lowest BCUT2D eigenvalue weighted by Crippen LogP contribution is -2.31. The van der Waals surface area contributed by atoms with Crippen molar-refractivity contribution in [3.8, 4) is 0 Å². The second-order valence-corrected chi connectivity index (χ2v) is 5.51. The summed E-state index contributed by atoms with van der Waals surface area (Å²) in [6.07, 6.45) is 2.07. The molecule has 1 heterocycles. The van der Waals surface area contributed by atoms with Crippen LogP contribution in [0.1, 0.15) is 40.7 Å². The number of carbonyl (C=O) groups excluding carboxylic acids is 1. The highest BCUT2D eigenvalue weighted by atomic mass is 32.1. The largest absolute Gasteiger partial charge is 0.334 e. The van der Waals surface area contributed by atoms with E-state index in [9.17, 15) is 4.79 Å². The third-order valence-electron chi connectivity index (χ3n) is 3.13. The van der Waals surface area contributed by atoms with Gasteiger partial charge in [-0.05, 0) is 30.4 Å². The average Bonchev–Trinajstić information content (AvgIpc) is 2.90. The number of rotatable bonds is 6. The number of unbranched alkanes of at least 4 members (excludes halogenated alkanes) is 1. The summed E-state index contributed by atoms with van der Waals surface area (Å²) in [6.45, 7) is 5.36. The van der Waals surface area contributed by atoms with Gasteiger partial charge in [0.2, 0.25) is 0 Å². The van der Waals surface area contributed by atoms with E-state index in [2.05, 4.69) is 16.5 Å². The lowest BCUT2D eigenvalue weighted by atomic mass is 10.2. The van der Waals surface area contributed by atoms with Gasteiger partial charge in [0.25, 0.3) is 5.91 Å². The summed E-state index contributed by atoms with van der Waals surface area (Å²) in [7, 11) is 0. The fourth-order valence-electron chi connectivity index (χ4n) is 1.98. The molecule has 5 heteroatoms. The first-order chi connectivity index (χ1) is 9.72. The Morgan fingerprint density at radius 3 is 2.65 bits per heavy atom. The van der Waals surface area contributed by atoms with Crippen molar-refractivity contribution in [3.05, 3.63) is 46.5 Å². The zero-order valence-corrected chi connectivity index (χ0v) is 12.7. The number of hydrogen-bond acceptors (Lipinski definition) is 4. The van der Waals surface area contributed by atoms with E-state index in [-0.39, 0.29) is 5.91 Å². The van der Waals surface area contributed by atoms with E-state index in [4.69, 9.17) is 0 Å². The molecule has 1 aromatic carbocycles. The van der Waals surface area contributed by atoms with Gasteiger partial charge in [-0.25, -0.2) is 0 Å². The summed E-state index contributed by atoms with van der Waals surface area (Å²) in [5.74, 6) is 0.0369. The standard InChI is InChI=1S/C15H19N3OS/c1-3-4-10-18(11-13-8-6-5-7-9-13)15(19)14-12(2)16-17-20-14/h5-9H,3-4,10-11H2,1-2H3. The molecule has 0 aliphatic heterocycles. The van der Waals surface area contributed by atoms with E-state index in [0.717, 1.165) is 30.6 Å². The fraction of sp³-hybridized carbons (Fsp3) is 0.400. The molecule has 0 spiro atoms. The van der Waals surface area contributed by atoms with Crippen LogP contribution >= 0.6 is 11.5 Å². The summed E-state index contributed by atoms with van der Waals surface area (Å²) in [4.78, 5) is 15.1. The van der Waals surface area contributed by atoms with Gasteiger partial charge in [-0.1, -0.05) is 48.2 Å². The molecule has 0 fully saturated rings. The Morgan fingerprint density at radius 1 is 1.30 bits per heavy atom. The van der Waals surface area contributed by atoms with Crippen molar-refractivity contribution in [2.45, 2.75) is 33.2 Å². The predicted octanol–water partition coefficient (Wildman–Crippen LogP) is 3.29. The lowest BCUT2D eigenvalue weighted by Gasteiger charge is -2.22. The summed E-state index contributed by atoms with van der Waals surface area (Å²) >= 11 is 1.18. The maximum atomic E-state index is 12.6. The molecule has 4 nitrogen and oxygen atoms in total. The minimum atomic E-state index is 0.0369. The van der Waals surface area contributed by atoms with Gasteiger partial charge >= 0.3 is 0 Å². The van der Waals surface area contributed by atoms with Crippen molar-refractivity contribution in [2.75, 3.05) is 6.54 Å². The first-order valence-electron chi connectivity index (χ1n) is 6.84. The monoisotopic (exact) mass is 289 g/mol. The Bertz CT molecular complexity index is 553. The van der Waals surface area contributed by atoms with Gasteiger partial charge in [-0.15, -0.1) is 5.10 Å². The lowest BCUT2D eigenvalue weighted by molar-refractivity contribution is 0.0745. The van der Waals surface area contributed by atoms with Gasteiger partial charge in [0.1, 0.15) is 4.88 Å². The van der Waals surface area contributed by atoms with Crippen LogP contribution in [0.2, 0.25) is 0 Å². The number of amides is 1. The van der Waals surface area contributed by atoms with Crippen LogP contribution < -0.4 is 0 Å². The van der Waals surface area contributed by atoms with Crippen molar-refractivity contribution in [2.24, 2.45) is 0 Å². The molecule has 0 unspecified atom stereocenters. The van der Waals surface area contributed by atoms with Gasteiger partial charge < -0.3 is 4.90 Å². The molecule has 1 amide bonds. The Hall–Kier alpha value is -1.75. The number of hydrogen-bond donors (Lipinski definition) is 0. The first-order valence-corrected chi connectivity index (χ1v) is 7.62. The molecule has 20 heavy (non-hydrogen) atoms. The number of aryl methyl sites for hydroxylation is 1. The van der Waals surface area contributed by atoms with E-state index < -0.39 is 0 Å². The van der Waals surface area contributed by atoms with Crippen LogP contribution in [0.4, 0.5) is 0 Å². The zero-order chi connectivity index (χ0) is 14.4. The van der Waals surface area contributed by atoms with Crippen molar-refractivity contribution in [3.63, 3.8) is 0 Å². The van der Waals surface area contributed by atoms with Crippen molar-refractivity contribution in [1.82, 2.24) is 14.5 Å². The van der Waals surface area contributed by atoms with Gasteiger partial charge in [-0.3, -0.25) is 4.79 Å². The van der Waals surface area contributed by atoms with Crippen LogP contribution in [0.5, 0.6) is 0 Å². The number of carbonyl (C=O) groups is 1. The Balaban J connectivity index is 2.15. The number of benzene rings is 1. The van der Waals surface area contributed by atoms with Crippen LogP contribution in [-0.2, 0) is 6.54 Å². The number of aromatic nitrogens is 2. The molecule has 2 aromatic rings. The third kappa shape index (κ3) is 3.63. The molecule has 0 atom stereocenters. The molecule has 106 valence electrons. The molecule has 0 aliphatic carbocycles. The maximum Gasteiger partial charge on any atom is 0.267 e. The maximum absolute atomic E-state index is 12.6. The summed E-state index contributed by atoms with van der Waals surface area (Å²) in [5, 5.41) is 3.93. The highest BCUT2D eigenvalue weighted by Crippen LogP contribution is 2.16. The average molecular weight is 289 g/mol. The first kappa shape index (κ1) is 14.7. The van der Waals surface area contributed by atoms with Gasteiger partial charge in [0, 0.05) is 13.1 Å². The van der Waals surface area contributed by atoms with E-state index in [1.165, 1.54) is 11.5 Å². The predicted molar refractivity (Wildman–Crippen MR) is 80.7 cm³/mol. The van der Waals surface area contributed by atoms with Gasteiger partial charge in [0.05, 0.1) is 5.69 Å². The van der Waals surface area contributed by atoms with Gasteiger partial charge in [-0.2, -0.15) is 0 Å². The normalized spacial score (nSPS) is 10.5. The summed E-state index contributed by atoms with van der Waals surface area (Å²) < 4.78 is 3.86. The summed E-state index contributed by atoms with van der Waals surface area (Å²) in [5.41, 5.74) is 1.86. The Labute approximate surface area is 123 Å². The highest BCUT2D eigenvalue weighted by molar-refractivity contribution is 7.07. The topological polar surface area (TPSA) is 46.1 Å². The van der Waals surface area contributed by atoms with Crippen LogP contribution in [0.15, 0.2) is 30.3 Å². The number of nitrogens with zero attached hydrogens (tertiary/aromatic N) is 3. The Morgan fingerprint density at radius 2 is 2.05 bits per heavy atom. The van der Waals surface area contributed by atoms with E-state index in [1.54, 1.807) is 0 Å². The molecule has 0 N–H and O–H groups in total. The molecule has 0 bridgehead atoms. The van der Waals surface area contributed by atoms with Crippen molar-refractivity contribution >= 4 is 17.4 Å². The van der Waals surface area contributed by atoms with Crippen molar-refractivity contribution in [1.29, 1.82) is 0 Å². The van der Waals surface area contributed by atoms with Crippen molar-refractivity contribution < 1.29 is 4.79 Å². The molecule has 0 radical (unpaired) electrons. The van der Waals surface area contributed by atoms with E-state index in [0.29, 0.717) is 11.4 Å². The van der Waals surface area contributed by atoms with E-state index >= 15 is 0 Å². The third-order valence-corrected chi connectivity index (χ3v) is 3.95. The quantitative estimate of drug-likeness (QED) is 0.819. The smallest absolute Gasteiger partial charge is 0.267 e.